The van der Waals surface area contributed by atoms with E-state index in [2.05, 4.69) is 22.5 Å². The van der Waals surface area contributed by atoms with Gasteiger partial charge in [-0.1, -0.05) is 17.7 Å². The molecule has 1 atom stereocenters. The average molecular weight is 552 g/mol. The third-order valence-electron chi connectivity index (χ3n) is 7.19. The van der Waals surface area contributed by atoms with Gasteiger partial charge in [-0.05, 0) is 63.1 Å². The Labute approximate surface area is 228 Å². The van der Waals surface area contributed by atoms with Gasteiger partial charge < -0.3 is 25.4 Å². The summed E-state index contributed by atoms with van der Waals surface area (Å²) < 4.78 is 32.3. The SMILES string of the molecule is Cc1ccc(S(=O)(=O)C2(c3cc(N4CCOC[C@@H]4C)nc(-c4ccc(NC(=O)NCCO)cc4)n3)CC2)cc1. The summed E-state index contributed by atoms with van der Waals surface area (Å²) >= 11 is 0. The fourth-order valence-corrected chi connectivity index (χ4v) is 6.74. The number of nitrogens with one attached hydrogen (secondary N) is 2. The zero-order chi connectivity index (χ0) is 27.6. The molecule has 3 aromatic rings. The van der Waals surface area contributed by atoms with Crippen molar-refractivity contribution in [1.82, 2.24) is 15.3 Å². The van der Waals surface area contributed by atoms with Gasteiger partial charge >= 0.3 is 6.03 Å². The molecule has 2 aromatic carbocycles. The Bertz CT molecular complexity index is 1440. The molecular formula is C28H33N5O5S. The van der Waals surface area contributed by atoms with E-state index >= 15 is 0 Å². The summed E-state index contributed by atoms with van der Waals surface area (Å²) in [5.74, 6) is 1.09. The number of aryl methyl sites for hydroxylation is 1. The lowest BCUT2D eigenvalue weighted by Crippen LogP contribution is -2.44. The van der Waals surface area contributed by atoms with Crippen molar-refractivity contribution in [1.29, 1.82) is 0 Å². The van der Waals surface area contributed by atoms with Crippen molar-refractivity contribution in [2.75, 3.05) is 43.1 Å². The number of nitrogens with zero attached hydrogens (tertiary/aromatic N) is 3. The number of anilines is 2. The number of rotatable bonds is 8. The molecule has 5 rings (SSSR count). The van der Waals surface area contributed by atoms with Crippen molar-refractivity contribution in [3.8, 4) is 11.4 Å². The number of sulfone groups is 1. The van der Waals surface area contributed by atoms with Crippen molar-refractivity contribution in [3.05, 3.63) is 65.9 Å². The van der Waals surface area contributed by atoms with Crippen LogP contribution in [0.1, 0.15) is 31.0 Å². The van der Waals surface area contributed by atoms with Crippen LogP contribution in [0.25, 0.3) is 11.4 Å². The number of morpholine rings is 1. The zero-order valence-corrected chi connectivity index (χ0v) is 22.9. The van der Waals surface area contributed by atoms with E-state index < -0.39 is 20.6 Å². The quantitative estimate of drug-likeness (QED) is 0.389. The van der Waals surface area contributed by atoms with Gasteiger partial charge in [0.05, 0.1) is 36.5 Å². The van der Waals surface area contributed by atoms with E-state index in [1.165, 1.54) is 0 Å². The lowest BCUT2D eigenvalue weighted by molar-refractivity contribution is 0.0985. The first-order valence-electron chi connectivity index (χ1n) is 13.0. The van der Waals surface area contributed by atoms with Crippen molar-refractivity contribution in [2.45, 2.75) is 42.4 Å². The van der Waals surface area contributed by atoms with Gasteiger partial charge in [0.1, 0.15) is 10.6 Å². The molecule has 0 radical (unpaired) electrons. The number of carbonyl (C=O) groups excluding carboxylic acids is 1. The lowest BCUT2D eigenvalue weighted by Gasteiger charge is -2.34. The molecule has 11 heteroatoms. The Morgan fingerprint density at radius 2 is 1.85 bits per heavy atom. The predicted molar refractivity (Wildman–Crippen MR) is 148 cm³/mol. The fraction of sp³-hybridized carbons (Fsp3) is 0.393. The maximum Gasteiger partial charge on any atom is 0.319 e. The molecule has 2 amide bonds. The summed E-state index contributed by atoms with van der Waals surface area (Å²) in [6.45, 7) is 5.74. The van der Waals surface area contributed by atoms with Crippen LogP contribution in [0, 0.1) is 6.92 Å². The minimum Gasteiger partial charge on any atom is -0.395 e. The van der Waals surface area contributed by atoms with Crippen molar-refractivity contribution < 1.29 is 23.1 Å². The molecule has 2 fully saturated rings. The average Bonchev–Trinajstić information content (AvgIpc) is 3.76. The Balaban J connectivity index is 1.53. The number of urea groups is 1. The van der Waals surface area contributed by atoms with Gasteiger partial charge in [0.25, 0.3) is 0 Å². The third-order valence-corrected chi connectivity index (χ3v) is 9.73. The summed E-state index contributed by atoms with van der Waals surface area (Å²) in [7, 11) is -3.69. The molecule has 206 valence electrons. The third kappa shape index (κ3) is 5.47. The number of carbonyl (C=O) groups is 1. The molecule has 3 N–H and O–H groups in total. The van der Waals surface area contributed by atoms with Crippen molar-refractivity contribution in [2.24, 2.45) is 0 Å². The first-order chi connectivity index (χ1) is 18.7. The molecule has 1 aliphatic heterocycles. The maximum absolute atomic E-state index is 13.9. The van der Waals surface area contributed by atoms with Crippen LogP contribution in [-0.2, 0) is 19.3 Å². The number of amides is 2. The zero-order valence-electron chi connectivity index (χ0n) is 22.1. The first-order valence-corrected chi connectivity index (χ1v) is 14.5. The van der Waals surface area contributed by atoms with Crippen LogP contribution in [0.15, 0.2) is 59.5 Å². The number of aliphatic hydroxyl groups is 1. The van der Waals surface area contributed by atoms with Crippen LogP contribution in [0.2, 0.25) is 0 Å². The highest BCUT2D eigenvalue weighted by Gasteiger charge is 2.58. The number of aromatic nitrogens is 2. The molecule has 1 saturated heterocycles. The fourth-order valence-electron chi connectivity index (χ4n) is 4.78. The van der Waals surface area contributed by atoms with E-state index in [-0.39, 0.29) is 19.2 Å². The van der Waals surface area contributed by atoms with Crippen molar-refractivity contribution >= 4 is 27.4 Å². The van der Waals surface area contributed by atoms with E-state index in [1.54, 1.807) is 36.4 Å². The lowest BCUT2D eigenvalue weighted by atomic mass is 10.1. The Morgan fingerprint density at radius 3 is 2.49 bits per heavy atom. The Hall–Kier alpha value is -3.54. The molecule has 39 heavy (non-hydrogen) atoms. The van der Waals surface area contributed by atoms with Crippen LogP contribution in [-0.4, -0.2) is 68.5 Å². The van der Waals surface area contributed by atoms with Crippen LogP contribution < -0.4 is 15.5 Å². The molecule has 1 aromatic heterocycles. The van der Waals surface area contributed by atoms with E-state index in [0.717, 1.165) is 5.56 Å². The normalized spacial score (nSPS) is 18.4. The van der Waals surface area contributed by atoms with Gasteiger partial charge in [-0.25, -0.2) is 23.2 Å². The first kappa shape index (κ1) is 27.0. The standard InChI is InChI=1S/C28H33N5O5S/c1-19-3-9-23(10-4-19)39(36,37)28(11-12-28)24-17-25(33-14-16-38-18-20(33)2)32-26(31-24)21-5-7-22(8-6-21)30-27(35)29-13-15-34/h3-10,17,20,34H,11-16,18H2,1-2H3,(H2,29,30,35)/t20-/m0/s1. The minimum absolute atomic E-state index is 0.0715. The number of hydrogen-bond donors (Lipinski definition) is 3. The van der Waals surface area contributed by atoms with Gasteiger partial charge in [0.15, 0.2) is 15.7 Å². The van der Waals surface area contributed by atoms with Gasteiger partial charge in [-0.3, -0.25) is 0 Å². The Morgan fingerprint density at radius 1 is 1.13 bits per heavy atom. The molecule has 1 saturated carbocycles. The summed E-state index contributed by atoms with van der Waals surface area (Å²) in [4.78, 5) is 24.0. The predicted octanol–water partition coefficient (Wildman–Crippen LogP) is 3.25. The van der Waals surface area contributed by atoms with Crippen LogP contribution in [0.4, 0.5) is 16.3 Å². The topological polar surface area (TPSA) is 134 Å². The summed E-state index contributed by atoms with van der Waals surface area (Å²) in [5, 5.41) is 14.1. The van der Waals surface area contributed by atoms with Gasteiger partial charge in [0, 0.05) is 30.4 Å². The molecule has 0 bridgehead atoms. The number of benzene rings is 2. The van der Waals surface area contributed by atoms with Gasteiger partial charge in [-0.2, -0.15) is 0 Å². The Kier molecular flexibility index (Phi) is 7.57. The van der Waals surface area contributed by atoms with Crippen molar-refractivity contribution in [3.63, 3.8) is 0 Å². The summed E-state index contributed by atoms with van der Waals surface area (Å²) in [6.07, 6.45) is 0.979. The molecule has 10 nitrogen and oxygen atoms in total. The monoisotopic (exact) mass is 551 g/mol. The van der Waals surface area contributed by atoms with E-state index in [0.29, 0.717) is 66.1 Å². The molecule has 0 spiro atoms. The molecule has 2 aliphatic rings. The van der Waals surface area contributed by atoms with E-state index in [1.807, 2.05) is 25.1 Å². The van der Waals surface area contributed by atoms with Gasteiger partial charge in [0.2, 0.25) is 0 Å². The van der Waals surface area contributed by atoms with E-state index in [9.17, 15) is 13.2 Å². The summed E-state index contributed by atoms with van der Waals surface area (Å²) in [6, 6.07) is 15.5. The second-order valence-electron chi connectivity index (χ2n) is 10.0. The highest BCUT2D eigenvalue weighted by Crippen LogP contribution is 2.55. The molecule has 0 unspecified atom stereocenters. The molecule has 2 heterocycles. The molecule has 1 aliphatic carbocycles. The maximum atomic E-state index is 13.9. The van der Waals surface area contributed by atoms with Crippen LogP contribution in [0.5, 0.6) is 0 Å². The number of hydrogen-bond acceptors (Lipinski definition) is 8. The van der Waals surface area contributed by atoms with Gasteiger partial charge in [-0.15, -0.1) is 0 Å². The number of ether oxygens (including phenoxy) is 1. The second kappa shape index (κ2) is 10.9. The molecular weight excluding hydrogens is 518 g/mol. The summed E-state index contributed by atoms with van der Waals surface area (Å²) in [5.41, 5.74) is 2.75. The van der Waals surface area contributed by atoms with Crippen LogP contribution in [0.3, 0.4) is 0 Å². The highest BCUT2D eigenvalue weighted by molar-refractivity contribution is 7.92. The van der Waals surface area contributed by atoms with Crippen LogP contribution >= 0.6 is 0 Å². The second-order valence-corrected chi connectivity index (χ2v) is 12.3. The minimum atomic E-state index is -3.69. The smallest absolute Gasteiger partial charge is 0.319 e. The number of aliphatic hydroxyl groups excluding tert-OH is 1. The largest absolute Gasteiger partial charge is 0.395 e. The highest BCUT2D eigenvalue weighted by atomic mass is 32.2. The van der Waals surface area contributed by atoms with E-state index in [4.69, 9.17) is 19.8 Å².